The zero-order valence-corrected chi connectivity index (χ0v) is 9.63. The fraction of sp³-hybridized carbons (Fsp3) is 0.333. The molecule has 0 aliphatic heterocycles. The molecule has 0 bridgehead atoms. The molecule has 17 heavy (non-hydrogen) atoms. The third-order valence-corrected chi connectivity index (χ3v) is 3.92. The summed E-state index contributed by atoms with van der Waals surface area (Å²) in [4.78, 5) is 9.50. The number of nitrogens with two attached hydrogens (primary N) is 1. The average molecular weight is 260 g/mol. The van der Waals surface area contributed by atoms with Gasteiger partial charge in [0.25, 0.3) is 5.69 Å². The van der Waals surface area contributed by atoms with Gasteiger partial charge in [0.1, 0.15) is 4.90 Å². The van der Waals surface area contributed by atoms with E-state index in [9.17, 15) is 23.6 Å². The summed E-state index contributed by atoms with van der Waals surface area (Å²) in [6.45, 7) is -0.222. The Labute approximate surface area is 97.9 Å². The zero-order valence-electron chi connectivity index (χ0n) is 8.81. The van der Waals surface area contributed by atoms with E-state index in [-0.39, 0.29) is 6.54 Å². The minimum atomic E-state index is -3.92. The summed E-state index contributed by atoms with van der Waals surface area (Å²) < 4.78 is 23.6. The fourth-order valence-electron chi connectivity index (χ4n) is 1.28. The Morgan fingerprint density at radius 2 is 2.00 bits per heavy atom. The molecule has 3 N–H and O–H groups in total. The summed E-state index contributed by atoms with van der Waals surface area (Å²) in [5.41, 5.74) is 4.60. The van der Waals surface area contributed by atoms with Crippen molar-refractivity contribution in [3.63, 3.8) is 0 Å². The third kappa shape index (κ3) is 3.22. The van der Waals surface area contributed by atoms with Crippen LogP contribution in [-0.4, -0.2) is 36.8 Å². The number of benzene rings is 1. The first-order valence-corrected chi connectivity index (χ1v) is 6.38. The predicted octanol–water partition coefficient (Wildman–Crippen LogP) is -0.312. The van der Waals surface area contributed by atoms with E-state index in [1.807, 2.05) is 0 Å². The number of sulfone groups is 1. The molecule has 0 radical (unpaired) electrons. The molecule has 1 aromatic carbocycles. The van der Waals surface area contributed by atoms with Gasteiger partial charge >= 0.3 is 0 Å². The van der Waals surface area contributed by atoms with Crippen LogP contribution in [0.4, 0.5) is 5.69 Å². The fourth-order valence-corrected chi connectivity index (χ4v) is 2.85. The maximum Gasteiger partial charge on any atom is 0.287 e. The monoisotopic (exact) mass is 260 g/mol. The Kier molecular flexibility index (Phi) is 4.16. The van der Waals surface area contributed by atoms with E-state index in [0.717, 1.165) is 12.1 Å². The van der Waals surface area contributed by atoms with Crippen LogP contribution in [0.1, 0.15) is 0 Å². The smallest absolute Gasteiger partial charge is 0.287 e. The van der Waals surface area contributed by atoms with E-state index >= 15 is 0 Å². The van der Waals surface area contributed by atoms with Crippen LogP contribution in [0.2, 0.25) is 0 Å². The highest BCUT2D eigenvalue weighted by atomic mass is 32.2. The van der Waals surface area contributed by atoms with Crippen molar-refractivity contribution in [3.8, 4) is 0 Å². The van der Waals surface area contributed by atoms with E-state index in [1.54, 1.807) is 0 Å². The summed E-state index contributed by atoms with van der Waals surface area (Å²) in [5, 5.41) is 19.9. The number of nitro benzene ring substituents is 1. The number of rotatable bonds is 5. The molecule has 0 fully saturated rings. The lowest BCUT2D eigenvalue weighted by Crippen LogP contribution is -2.28. The molecule has 0 aromatic heterocycles. The first-order valence-electron chi connectivity index (χ1n) is 4.73. The molecule has 0 aliphatic carbocycles. The lowest BCUT2D eigenvalue weighted by molar-refractivity contribution is -0.387. The van der Waals surface area contributed by atoms with Crippen molar-refractivity contribution in [2.45, 2.75) is 11.0 Å². The van der Waals surface area contributed by atoms with Crippen LogP contribution >= 0.6 is 0 Å². The number of hydrogen-bond donors (Lipinski definition) is 2. The van der Waals surface area contributed by atoms with Crippen LogP contribution in [-0.2, 0) is 9.84 Å². The van der Waals surface area contributed by atoms with Gasteiger partial charge in [0, 0.05) is 12.6 Å². The zero-order chi connectivity index (χ0) is 13.1. The van der Waals surface area contributed by atoms with E-state index < -0.39 is 37.2 Å². The maximum absolute atomic E-state index is 11.8. The summed E-state index contributed by atoms with van der Waals surface area (Å²) in [5.74, 6) is -0.631. The molecule has 0 spiro atoms. The number of aliphatic hydroxyl groups is 1. The lowest BCUT2D eigenvalue weighted by atomic mass is 10.3. The molecule has 0 heterocycles. The molecule has 0 amide bonds. The molecule has 0 unspecified atom stereocenters. The van der Waals surface area contributed by atoms with Gasteiger partial charge in [-0.2, -0.15) is 0 Å². The summed E-state index contributed by atoms with van der Waals surface area (Å²) in [7, 11) is -3.92. The normalized spacial score (nSPS) is 13.3. The van der Waals surface area contributed by atoms with Gasteiger partial charge in [-0.1, -0.05) is 12.1 Å². The second kappa shape index (κ2) is 5.21. The van der Waals surface area contributed by atoms with E-state index in [0.29, 0.717) is 0 Å². The number of hydrogen-bond acceptors (Lipinski definition) is 6. The standard InChI is InChI=1S/C9H12N2O5S/c10-5-7(12)6-17(15,16)9-4-2-1-3-8(9)11(13)14/h1-4,7,12H,5-6,10H2/t7-/m0/s1. The van der Waals surface area contributed by atoms with Crippen molar-refractivity contribution in [1.29, 1.82) is 0 Å². The quantitative estimate of drug-likeness (QED) is 0.552. The molecule has 0 aliphatic rings. The number of nitrogens with zero attached hydrogens (tertiary/aromatic N) is 1. The second-order valence-corrected chi connectivity index (χ2v) is 5.40. The third-order valence-electron chi connectivity index (χ3n) is 2.08. The van der Waals surface area contributed by atoms with Crippen molar-refractivity contribution in [2.75, 3.05) is 12.3 Å². The Morgan fingerprint density at radius 3 is 2.53 bits per heavy atom. The Morgan fingerprint density at radius 1 is 1.41 bits per heavy atom. The number of nitro groups is 1. The SMILES string of the molecule is NC[C@H](O)CS(=O)(=O)c1ccccc1[N+](=O)[O-]. The Hall–Kier alpha value is -1.51. The molecule has 1 atom stereocenters. The average Bonchev–Trinajstić information content (AvgIpc) is 2.28. The first-order chi connectivity index (χ1) is 7.88. The van der Waals surface area contributed by atoms with E-state index in [4.69, 9.17) is 5.73 Å². The van der Waals surface area contributed by atoms with Crippen LogP contribution in [0.15, 0.2) is 29.2 Å². The minimum absolute atomic E-state index is 0.222. The molecular weight excluding hydrogens is 248 g/mol. The van der Waals surface area contributed by atoms with Crippen LogP contribution in [0.5, 0.6) is 0 Å². The lowest BCUT2D eigenvalue weighted by Gasteiger charge is -2.08. The topological polar surface area (TPSA) is 124 Å². The van der Waals surface area contributed by atoms with Gasteiger partial charge < -0.3 is 10.8 Å². The molecule has 94 valence electrons. The largest absolute Gasteiger partial charge is 0.391 e. The molecule has 0 saturated carbocycles. The van der Waals surface area contributed by atoms with Gasteiger partial charge in [0.15, 0.2) is 9.84 Å². The molecule has 0 saturated heterocycles. The van der Waals surface area contributed by atoms with Crippen molar-refractivity contribution in [3.05, 3.63) is 34.4 Å². The van der Waals surface area contributed by atoms with Crippen molar-refractivity contribution < 1.29 is 18.4 Å². The number of aliphatic hydroxyl groups excluding tert-OH is 1. The van der Waals surface area contributed by atoms with Gasteiger partial charge in [-0.3, -0.25) is 10.1 Å². The highest BCUT2D eigenvalue weighted by Gasteiger charge is 2.26. The van der Waals surface area contributed by atoms with E-state index in [2.05, 4.69) is 0 Å². The van der Waals surface area contributed by atoms with Crippen molar-refractivity contribution in [1.82, 2.24) is 0 Å². The molecule has 1 rings (SSSR count). The minimum Gasteiger partial charge on any atom is -0.391 e. The van der Waals surface area contributed by atoms with Crippen LogP contribution in [0, 0.1) is 10.1 Å². The van der Waals surface area contributed by atoms with E-state index in [1.165, 1.54) is 12.1 Å². The van der Waals surface area contributed by atoms with Gasteiger partial charge in [-0.15, -0.1) is 0 Å². The van der Waals surface area contributed by atoms with Crippen LogP contribution in [0.25, 0.3) is 0 Å². The highest BCUT2D eigenvalue weighted by Crippen LogP contribution is 2.24. The predicted molar refractivity (Wildman–Crippen MR) is 60.2 cm³/mol. The molecule has 1 aromatic rings. The number of para-hydroxylation sites is 1. The molecule has 8 heteroatoms. The van der Waals surface area contributed by atoms with Crippen molar-refractivity contribution in [2.24, 2.45) is 5.73 Å². The van der Waals surface area contributed by atoms with Gasteiger partial charge in [0.05, 0.1) is 16.8 Å². The van der Waals surface area contributed by atoms with Gasteiger partial charge in [-0.25, -0.2) is 8.42 Å². The highest BCUT2D eigenvalue weighted by molar-refractivity contribution is 7.91. The van der Waals surface area contributed by atoms with Gasteiger partial charge in [-0.05, 0) is 6.07 Å². The van der Waals surface area contributed by atoms with Crippen LogP contribution in [0.3, 0.4) is 0 Å². The molecule has 7 nitrogen and oxygen atoms in total. The summed E-state index contributed by atoms with van der Waals surface area (Å²) >= 11 is 0. The summed E-state index contributed by atoms with van der Waals surface area (Å²) in [6.07, 6.45) is -1.24. The van der Waals surface area contributed by atoms with Crippen molar-refractivity contribution >= 4 is 15.5 Å². The Balaban J connectivity index is 3.20. The maximum atomic E-state index is 11.8. The Bertz CT molecular complexity index is 514. The first kappa shape index (κ1) is 13.6. The van der Waals surface area contributed by atoms with Crippen LogP contribution < -0.4 is 5.73 Å². The summed E-state index contributed by atoms with van der Waals surface area (Å²) in [6, 6.07) is 4.99. The molecular formula is C9H12N2O5S. The van der Waals surface area contributed by atoms with Gasteiger partial charge in [0.2, 0.25) is 0 Å². The second-order valence-electron chi connectivity index (χ2n) is 3.40.